The Hall–Kier alpha value is -1.90. The number of hydrogen-bond donors (Lipinski definition) is 4. The Morgan fingerprint density at radius 1 is 1.67 bits per heavy atom. The first-order valence-corrected chi connectivity index (χ1v) is 7.28. The normalized spacial score (nSPS) is 31.5. The van der Waals surface area contributed by atoms with Crippen molar-refractivity contribution in [3.8, 4) is 11.8 Å². The fourth-order valence-electron chi connectivity index (χ4n) is 2.61. The molecule has 0 amide bonds. The lowest BCUT2D eigenvalue weighted by Crippen LogP contribution is -2.46. The van der Waals surface area contributed by atoms with Gasteiger partial charge >= 0.3 is 0 Å². The molecular formula is C14H15FN4O4S. The number of aryl methyl sites for hydroxylation is 1. The summed E-state index contributed by atoms with van der Waals surface area (Å²) in [5, 5.41) is 30.8. The van der Waals surface area contributed by atoms with E-state index in [2.05, 4.69) is 20.9 Å². The van der Waals surface area contributed by atoms with Crippen LogP contribution in [0.15, 0.2) is 6.33 Å². The molecule has 0 saturated carbocycles. The van der Waals surface area contributed by atoms with Gasteiger partial charge in [-0.05, 0) is 6.92 Å². The zero-order valence-electron chi connectivity index (χ0n) is 14.4. The van der Waals surface area contributed by atoms with Crippen molar-refractivity contribution in [1.29, 1.82) is 0 Å². The number of nitrogens with zero attached hydrogens (tertiary/aromatic N) is 3. The number of hydrogen-bond acceptors (Lipinski definition) is 7. The number of ether oxygens (including phenoxy) is 1. The largest absolute Gasteiger partial charge is 0.394 e. The van der Waals surface area contributed by atoms with E-state index in [-0.39, 0.29) is 15.8 Å². The van der Waals surface area contributed by atoms with Crippen molar-refractivity contribution in [2.45, 2.75) is 31.0 Å². The molecular weight excluding hydrogens is 339 g/mol. The maximum Gasteiger partial charge on any atom is 0.199 e. The summed E-state index contributed by atoms with van der Waals surface area (Å²) < 4.78 is 34.1. The van der Waals surface area contributed by atoms with E-state index >= 15 is 0 Å². The second-order valence-electron chi connectivity index (χ2n) is 5.22. The van der Waals surface area contributed by atoms with Gasteiger partial charge in [0.05, 0.1) is 15.6 Å². The van der Waals surface area contributed by atoms with Crippen molar-refractivity contribution in [3.63, 3.8) is 0 Å². The Bertz CT molecular complexity index is 966. The predicted molar refractivity (Wildman–Crippen MR) is 83.2 cm³/mol. The minimum atomic E-state index is -2.99. The molecule has 4 atom stereocenters. The SMILES string of the molecule is [2H]C([2H])(O)[C@H]1O[C@@H](n2cnc3c(=S)nc(C)[nH]c32)C(O)(C#CCF)[C@H]1O. The molecule has 10 heteroatoms. The molecule has 8 nitrogen and oxygen atoms in total. The van der Waals surface area contributed by atoms with Gasteiger partial charge in [-0.3, -0.25) is 4.57 Å². The van der Waals surface area contributed by atoms with Crippen LogP contribution in [0.25, 0.3) is 11.2 Å². The van der Waals surface area contributed by atoms with Crippen LogP contribution in [0.5, 0.6) is 0 Å². The number of aliphatic hydroxyl groups excluding tert-OH is 1. The number of aromatic amines is 1. The molecule has 1 saturated heterocycles. The summed E-state index contributed by atoms with van der Waals surface area (Å²) >= 11 is 5.12. The van der Waals surface area contributed by atoms with Gasteiger partial charge in [-0.15, -0.1) is 0 Å². The quantitative estimate of drug-likeness (QED) is 0.433. The van der Waals surface area contributed by atoms with Crippen LogP contribution in [0.3, 0.4) is 0 Å². The van der Waals surface area contributed by atoms with Gasteiger partial charge in [-0.1, -0.05) is 24.1 Å². The summed E-state index contributed by atoms with van der Waals surface area (Å²) in [6.45, 7) is -2.45. The predicted octanol–water partition coefficient (Wildman–Crippen LogP) is -0.248. The van der Waals surface area contributed by atoms with Gasteiger partial charge in [0.2, 0.25) is 0 Å². The van der Waals surface area contributed by atoms with E-state index in [4.69, 9.17) is 19.7 Å². The third-order valence-electron chi connectivity index (χ3n) is 3.69. The van der Waals surface area contributed by atoms with E-state index in [0.717, 1.165) is 0 Å². The van der Waals surface area contributed by atoms with Crippen LogP contribution in [0, 0.1) is 23.4 Å². The monoisotopic (exact) mass is 356 g/mol. The van der Waals surface area contributed by atoms with E-state index in [1.54, 1.807) is 6.92 Å². The maximum absolute atomic E-state index is 12.5. The molecule has 24 heavy (non-hydrogen) atoms. The third-order valence-corrected chi connectivity index (χ3v) is 3.97. The van der Waals surface area contributed by atoms with Crippen molar-refractivity contribution in [2.75, 3.05) is 13.2 Å². The highest BCUT2D eigenvalue weighted by Crippen LogP contribution is 2.39. The van der Waals surface area contributed by atoms with Gasteiger partial charge in [-0.2, -0.15) is 0 Å². The molecule has 128 valence electrons. The fraction of sp³-hybridized carbons (Fsp3) is 0.500. The molecule has 0 aromatic carbocycles. The van der Waals surface area contributed by atoms with Crippen molar-refractivity contribution in [2.24, 2.45) is 0 Å². The second kappa shape index (κ2) is 6.19. The Morgan fingerprint density at radius 2 is 2.42 bits per heavy atom. The number of H-pyrrole nitrogens is 1. The minimum absolute atomic E-state index is 0.181. The number of imidazole rings is 1. The molecule has 2 aromatic heterocycles. The van der Waals surface area contributed by atoms with E-state index in [1.807, 2.05) is 5.92 Å². The van der Waals surface area contributed by atoms with Crippen LogP contribution in [0.2, 0.25) is 0 Å². The average molecular weight is 356 g/mol. The molecule has 0 radical (unpaired) electrons. The number of aliphatic hydroxyl groups is 3. The maximum atomic E-state index is 12.5. The fourth-order valence-corrected chi connectivity index (χ4v) is 2.89. The lowest BCUT2D eigenvalue weighted by Gasteiger charge is -2.26. The van der Waals surface area contributed by atoms with Crippen LogP contribution in [-0.2, 0) is 4.74 Å². The van der Waals surface area contributed by atoms with Crippen LogP contribution >= 0.6 is 12.2 Å². The van der Waals surface area contributed by atoms with Crippen molar-refractivity contribution in [1.82, 2.24) is 19.5 Å². The average Bonchev–Trinajstić information content (AvgIpc) is 3.05. The van der Waals surface area contributed by atoms with E-state index in [9.17, 15) is 19.7 Å². The Balaban J connectivity index is 2.20. The number of nitrogens with one attached hydrogen (secondary N) is 1. The molecule has 0 spiro atoms. The first-order chi connectivity index (χ1) is 12.1. The van der Waals surface area contributed by atoms with Crippen LogP contribution in [0.1, 0.15) is 14.8 Å². The molecule has 0 aliphatic carbocycles. The van der Waals surface area contributed by atoms with Crippen molar-refractivity contribution >= 4 is 23.4 Å². The summed E-state index contributed by atoms with van der Waals surface area (Å²) in [6.07, 6.45) is -4.07. The highest BCUT2D eigenvalue weighted by Gasteiger charge is 2.55. The molecule has 1 aliphatic heterocycles. The minimum Gasteiger partial charge on any atom is -0.394 e. The van der Waals surface area contributed by atoms with E-state index in [0.29, 0.717) is 5.82 Å². The zero-order valence-corrected chi connectivity index (χ0v) is 13.2. The van der Waals surface area contributed by atoms with Gasteiger partial charge in [0, 0.05) is 0 Å². The number of aromatic nitrogens is 4. The molecule has 3 heterocycles. The Kier molecular flexibility index (Phi) is 3.73. The van der Waals surface area contributed by atoms with Gasteiger partial charge < -0.3 is 25.0 Å². The van der Waals surface area contributed by atoms with E-state index < -0.39 is 37.3 Å². The molecule has 1 aliphatic rings. The molecule has 3 rings (SSSR count). The van der Waals surface area contributed by atoms with Crippen LogP contribution in [0.4, 0.5) is 4.39 Å². The number of halogens is 1. The van der Waals surface area contributed by atoms with Crippen molar-refractivity contribution < 1.29 is 27.2 Å². The standard InChI is InChI=1S/C14H15FN4O4S/c1-7-17-11-9(12(24)18-7)16-6-19(11)13-14(22,3-2-4-15)10(21)8(5-20)23-13/h6,8,10,13,20-22H,4-5H2,1H3,(H,17,18,24)/t8-,10+,13-,14?/m1/s1/i5D2. The summed E-state index contributed by atoms with van der Waals surface area (Å²) in [4.78, 5) is 11.0. The third kappa shape index (κ3) is 2.51. The highest BCUT2D eigenvalue weighted by atomic mass is 32.1. The molecule has 1 unspecified atom stereocenters. The lowest BCUT2D eigenvalue weighted by atomic mass is 9.94. The van der Waals surface area contributed by atoms with Crippen LogP contribution in [-0.4, -0.2) is 65.9 Å². The van der Waals surface area contributed by atoms with E-state index in [1.165, 1.54) is 10.9 Å². The number of rotatable bonds is 2. The summed E-state index contributed by atoms with van der Waals surface area (Å²) in [6, 6.07) is 0. The van der Waals surface area contributed by atoms with Gasteiger partial charge in [0.15, 0.2) is 16.5 Å². The summed E-state index contributed by atoms with van der Waals surface area (Å²) in [5.41, 5.74) is -1.85. The first-order valence-electron chi connectivity index (χ1n) is 7.87. The van der Waals surface area contributed by atoms with Gasteiger partial charge in [-0.25, -0.2) is 14.4 Å². The van der Waals surface area contributed by atoms with Crippen LogP contribution < -0.4 is 0 Å². The molecule has 0 bridgehead atoms. The first kappa shape index (κ1) is 14.4. The van der Waals surface area contributed by atoms with Gasteiger partial charge in [0.25, 0.3) is 0 Å². The van der Waals surface area contributed by atoms with Gasteiger partial charge in [0.1, 0.15) is 35.9 Å². The van der Waals surface area contributed by atoms with Crippen molar-refractivity contribution in [3.05, 3.63) is 16.8 Å². The Morgan fingerprint density at radius 3 is 3.08 bits per heavy atom. The molecule has 4 N–H and O–H groups in total. The highest BCUT2D eigenvalue weighted by molar-refractivity contribution is 7.71. The summed E-state index contributed by atoms with van der Waals surface area (Å²) in [7, 11) is 0. The zero-order chi connectivity index (χ0) is 19.3. The second-order valence-corrected chi connectivity index (χ2v) is 5.61. The number of fused-ring (bicyclic) bond motifs is 1. The topological polar surface area (TPSA) is 116 Å². The molecule has 1 fully saturated rings. The summed E-state index contributed by atoms with van der Waals surface area (Å²) in [5.74, 6) is 4.61. The molecule has 2 aromatic rings. The lowest BCUT2D eigenvalue weighted by molar-refractivity contribution is -0.0722. The number of alkyl halides is 1. The smallest absolute Gasteiger partial charge is 0.199 e. The Labute approximate surface area is 143 Å².